The number of H-pyrrole nitrogens is 1. The van der Waals surface area contributed by atoms with Crippen molar-refractivity contribution in [2.75, 3.05) is 0 Å². The molecule has 194 valence electrons. The first kappa shape index (κ1) is 27.1. The largest absolute Gasteiger partial charge is 0.476 e. The van der Waals surface area contributed by atoms with Crippen molar-refractivity contribution in [3.8, 4) is 0 Å². The van der Waals surface area contributed by atoms with Crippen LogP contribution in [0.15, 0.2) is 34.9 Å². The zero-order valence-electron chi connectivity index (χ0n) is 21.8. The summed E-state index contributed by atoms with van der Waals surface area (Å²) in [6.45, 7) is 11.1. The summed E-state index contributed by atoms with van der Waals surface area (Å²) in [7, 11) is 0. The molecule has 1 aromatic carbocycles. The first-order chi connectivity index (χ1) is 16.8. The molecule has 9 nitrogen and oxygen atoms in total. The van der Waals surface area contributed by atoms with Crippen LogP contribution in [0.1, 0.15) is 81.2 Å². The molecule has 0 bridgehead atoms. The van der Waals surface area contributed by atoms with E-state index in [2.05, 4.69) is 9.97 Å². The number of fused-ring (bicyclic) bond motifs is 1. The number of benzene rings is 1. The Bertz CT molecular complexity index is 1250. The smallest absolute Gasteiger partial charge is 0.358 e. The van der Waals surface area contributed by atoms with Gasteiger partial charge in [0.2, 0.25) is 17.7 Å². The fraction of sp³-hybridized carbons (Fsp3) is 0.481. The Balaban J connectivity index is 2.16. The van der Waals surface area contributed by atoms with Crippen LogP contribution in [0, 0.1) is 18.3 Å². The van der Waals surface area contributed by atoms with Gasteiger partial charge in [-0.1, -0.05) is 52.8 Å². The number of aromatic carboxylic acids is 1. The molecule has 0 fully saturated rings. The highest BCUT2D eigenvalue weighted by Crippen LogP contribution is 2.33. The number of nitrogens with two attached hydrogens (primary N) is 1. The minimum atomic E-state index is -1.25. The van der Waals surface area contributed by atoms with Gasteiger partial charge >= 0.3 is 5.97 Å². The second kappa shape index (κ2) is 10.7. The molecule has 36 heavy (non-hydrogen) atoms. The van der Waals surface area contributed by atoms with Crippen molar-refractivity contribution in [1.82, 2.24) is 14.9 Å². The predicted octanol–water partition coefficient (Wildman–Crippen LogP) is 4.61. The number of amides is 2. The van der Waals surface area contributed by atoms with E-state index in [0.717, 1.165) is 21.4 Å². The average Bonchev–Trinajstić information content (AvgIpc) is 3.35. The predicted molar refractivity (Wildman–Crippen MR) is 136 cm³/mol. The highest BCUT2D eigenvalue weighted by molar-refractivity contribution is 5.98. The number of hydrogen-bond acceptors (Lipinski definition) is 6. The van der Waals surface area contributed by atoms with Crippen molar-refractivity contribution in [3.05, 3.63) is 53.4 Å². The van der Waals surface area contributed by atoms with Gasteiger partial charge in [0.1, 0.15) is 11.8 Å². The van der Waals surface area contributed by atoms with Crippen LogP contribution in [0.2, 0.25) is 0 Å². The van der Waals surface area contributed by atoms with E-state index in [-0.39, 0.29) is 36.1 Å². The number of aryl methyl sites for hydroxylation is 1. The van der Waals surface area contributed by atoms with Crippen molar-refractivity contribution >= 4 is 28.7 Å². The molecule has 2 amide bonds. The molecule has 2 heterocycles. The van der Waals surface area contributed by atoms with Crippen LogP contribution in [-0.4, -0.2) is 43.8 Å². The van der Waals surface area contributed by atoms with Crippen LogP contribution in [0.25, 0.3) is 10.9 Å². The maximum atomic E-state index is 13.7. The zero-order valence-corrected chi connectivity index (χ0v) is 21.8. The third-order valence-electron chi connectivity index (χ3n) is 5.93. The van der Waals surface area contributed by atoms with Gasteiger partial charge in [0.05, 0.1) is 6.04 Å². The molecule has 9 heteroatoms. The first-order valence-electron chi connectivity index (χ1n) is 12.2. The Morgan fingerprint density at radius 3 is 2.44 bits per heavy atom. The van der Waals surface area contributed by atoms with Gasteiger partial charge in [0.25, 0.3) is 0 Å². The lowest BCUT2D eigenvalue weighted by atomic mass is 9.90. The Hall–Kier alpha value is -3.46. The van der Waals surface area contributed by atoms with E-state index in [1.807, 2.05) is 65.1 Å². The van der Waals surface area contributed by atoms with Crippen molar-refractivity contribution in [3.63, 3.8) is 0 Å². The fourth-order valence-electron chi connectivity index (χ4n) is 4.33. The summed E-state index contributed by atoms with van der Waals surface area (Å²) < 4.78 is 5.78. The number of para-hydroxylation sites is 1. The number of carboxylic acids is 1. The molecule has 4 N–H and O–H groups in total. The highest BCUT2D eigenvalue weighted by atomic mass is 16.4. The molecule has 0 saturated heterocycles. The van der Waals surface area contributed by atoms with Gasteiger partial charge in [0, 0.05) is 29.9 Å². The third kappa shape index (κ3) is 6.20. The number of hydrogen-bond donors (Lipinski definition) is 3. The van der Waals surface area contributed by atoms with Gasteiger partial charge in [0.15, 0.2) is 5.69 Å². The maximum Gasteiger partial charge on any atom is 0.358 e. The second-order valence-electron chi connectivity index (χ2n) is 10.9. The lowest BCUT2D eigenvalue weighted by molar-refractivity contribution is -0.150. The van der Waals surface area contributed by atoms with Crippen molar-refractivity contribution in [1.29, 1.82) is 0 Å². The quantitative estimate of drug-likeness (QED) is 0.392. The molecule has 3 rings (SSSR count). The van der Waals surface area contributed by atoms with Crippen LogP contribution < -0.4 is 5.73 Å². The zero-order chi connectivity index (χ0) is 26.8. The number of imide groups is 1. The summed E-state index contributed by atoms with van der Waals surface area (Å²) in [6, 6.07) is 5.79. The minimum absolute atomic E-state index is 0.0115. The molecule has 0 spiro atoms. The monoisotopic (exact) mass is 496 g/mol. The number of rotatable bonds is 9. The van der Waals surface area contributed by atoms with Crippen LogP contribution in [0.5, 0.6) is 0 Å². The van der Waals surface area contributed by atoms with Gasteiger partial charge in [-0.15, -0.1) is 0 Å². The fourth-order valence-corrected chi connectivity index (χ4v) is 4.33. The standard InChI is InChI=1S/C27H36N4O5/c1-15(2)11-19(28)25(33)31(22(32)13-27(4,5)6)21(24-30-23(26(34)35)16(3)36-24)12-17-14-29-20-10-8-7-9-18(17)20/h7-10,14-15,19,21,29H,11-13,28H2,1-6H3,(H,34,35)/t19-,21+/m0/s1. The van der Waals surface area contributed by atoms with E-state index < -0.39 is 35.3 Å². The second-order valence-corrected chi connectivity index (χ2v) is 10.9. The Morgan fingerprint density at radius 1 is 1.19 bits per heavy atom. The summed E-state index contributed by atoms with van der Waals surface area (Å²) in [5, 5.41) is 10.5. The number of oxazole rings is 1. The SMILES string of the molecule is Cc1oc([C@@H](Cc2c[nH]c3ccccc23)N(C(=O)CC(C)(C)C)C(=O)[C@@H](N)CC(C)C)nc1C(=O)O. The van der Waals surface area contributed by atoms with Crippen LogP contribution in [-0.2, 0) is 16.0 Å². The Labute approximate surface area is 211 Å². The lowest BCUT2D eigenvalue weighted by Crippen LogP contribution is -2.50. The number of aromatic amines is 1. The number of carbonyl (C=O) groups excluding carboxylic acids is 2. The topological polar surface area (TPSA) is 143 Å². The van der Waals surface area contributed by atoms with E-state index in [0.29, 0.717) is 6.42 Å². The van der Waals surface area contributed by atoms with E-state index in [1.165, 1.54) is 6.92 Å². The van der Waals surface area contributed by atoms with Gasteiger partial charge in [-0.25, -0.2) is 9.78 Å². The summed E-state index contributed by atoms with van der Waals surface area (Å²) in [5.41, 5.74) is 7.37. The number of nitrogens with one attached hydrogen (secondary N) is 1. The summed E-state index contributed by atoms with van der Waals surface area (Å²) in [5.74, 6) is -1.96. The number of nitrogens with zero attached hydrogens (tertiary/aromatic N) is 2. The molecule has 0 radical (unpaired) electrons. The molecule has 3 aromatic rings. The van der Waals surface area contributed by atoms with Crippen LogP contribution in [0.4, 0.5) is 0 Å². The Kier molecular flexibility index (Phi) is 8.03. The molecule has 2 atom stereocenters. The summed E-state index contributed by atoms with van der Waals surface area (Å²) in [4.78, 5) is 47.7. The minimum Gasteiger partial charge on any atom is -0.476 e. The van der Waals surface area contributed by atoms with Crippen molar-refractivity contribution in [2.24, 2.45) is 17.1 Å². The first-order valence-corrected chi connectivity index (χ1v) is 12.2. The van der Waals surface area contributed by atoms with Crippen molar-refractivity contribution < 1.29 is 23.9 Å². The average molecular weight is 497 g/mol. The third-order valence-corrected chi connectivity index (χ3v) is 5.93. The molecular formula is C27H36N4O5. The number of carboxylic acid groups (broad SMARTS) is 1. The molecule has 0 aliphatic carbocycles. The molecule has 0 unspecified atom stereocenters. The number of aromatic nitrogens is 2. The van der Waals surface area contributed by atoms with Gasteiger partial charge < -0.3 is 20.2 Å². The van der Waals surface area contributed by atoms with E-state index >= 15 is 0 Å². The highest BCUT2D eigenvalue weighted by Gasteiger charge is 2.39. The number of carbonyl (C=O) groups is 3. The van der Waals surface area contributed by atoms with Crippen LogP contribution >= 0.6 is 0 Å². The maximum absolute atomic E-state index is 13.7. The normalized spacial score (nSPS) is 13.7. The lowest BCUT2D eigenvalue weighted by Gasteiger charge is -2.32. The summed E-state index contributed by atoms with van der Waals surface area (Å²) >= 11 is 0. The molecule has 0 saturated carbocycles. The van der Waals surface area contributed by atoms with E-state index in [1.54, 1.807) is 0 Å². The molecular weight excluding hydrogens is 460 g/mol. The van der Waals surface area contributed by atoms with E-state index in [4.69, 9.17) is 10.2 Å². The Morgan fingerprint density at radius 2 is 1.86 bits per heavy atom. The van der Waals surface area contributed by atoms with Gasteiger partial charge in [-0.2, -0.15) is 0 Å². The molecule has 0 aliphatic rings. The molecule has 2 aromatic heterocycles. The van der Waals surface area contributed by atoms with E-state index in [9.17, 15) is 19.5 Å². The van der Waals surface area contributed by atoms with Crippen molar-refractivity contribution in [2.45, 2.75) is 72.9 Å². The summed E-state index contributed by atoms with van der Waals surface area (Å²) in [6.07, 6.45) is 2.47. The molecule has 0 aliphatic heterocycles. The van der Waals surface area contributed by atoms with Gasteiger partial charge in [-0.3, -0.25) is 14.5 Å². The van der Waals surface area contributed by atoms with Crippen LogP contribution in [0.3, 0.4) is 0 Å². The van der Waals surface area contributed by atoms with Gasteiger partial charge in [-0.05, 0) is 36.3 Å².